The summed E-state index contributed by atoms with van der Waals surface area (Å²) in [6.07, 6.45) is 4.14. The summed E-state index contributed by atoms with van der Waals surface area (Å²) in [5, 5.41) is 21.1. The highest BCUT2D eigenvalue weighted by Gasteiger charge is 2.29. The molecule has 28 heavy (non-hydrogen) atoms. The number of ether oxygens (including phenoxy) is 1. The Bertz CT molecular complexity index is 848. The van der Waals surface area contributed by atoms with Crippen LogP contribution in [0.25, 0.3) is 6.08 Å². The Morgan fingerprint density at radius 3 is 2.71 bits per heavy atom. The molecule has 0 saturated carbocycles. The third kappa shape index (κ3) is 4.71. The van der Waals surface area contributed by atoms with Crippen LogP contribution in [-0.2, 0) is 4.79 Å². The van der Waals surface area contributed by atoms with Crippen LogP contribution in [0.2, 0.25) is 0 Å². The number of aliphatic hydroxyl groups is 1. The first-order chi connectivity index (χ1) is 13.5. The second-order valence-corrected chi connectivity index (χ2v) is 7.00. The summed E-state index contributed by atoms with van der Waals surface area (Å²) in [4.78, 5) is 13.1. The lowest BCUT2D eigenvalue weighted by Crippen LogP contribution is -2.28. The number of amides is 1. The Kier molecular flexibility index (Phi) is 6.34. The number of aliphatic hydroxyl groups excluding tert-OH is 1. The topological polar surface area (TPSA) is 96.0 Å². The summed E-state index contributed by atoms with van der Waals surface area (Å²) in [5.41, 5.74) is 7.49. The van der Waals surface area contributed by atoms with Crippen molar-refractivity contribution in [2.75, 3.05) is 20.2 Å². The minimum atomic E-state index is -0.619. The smallest absolute Gasteiger partial charge is 0.241 e. The first-order valence-electron chi connectivity index (χ1n) is 9.34. The molecule has 2 unspecified atom stereocenters. The lowest BCUT2D eigenvalue weighted by Gasteiger charge is -2.28. The zero-order chi connectivity index (χ0) is 20.1. The Labute approximate surface area is 164 Å². The molecule has 0 spiro atoms. The Balaban J connectivity index is 1.72. The highest BCUT2D eigenvalue weighted by molar-refractivity contribution is 5.90. The van der Waals surface area contributed by atoms with Gasteiger partial charge in [0.2, 0.25) is 5.91 Å². The molecule has 0 radical (unpaired) electrons. The van der Waals surface area contributed by atoms with E-state index in [1.54, 1.807) is 19.3 Å². The van der Waals surface area contributed by atoms with Crippen molar-refractivity contribution in [3.8, 4) is 11.5 Å². The lowest BCUT2D eigenvalue weighted by atomic mass is 10.0. The predicted molar refractivity (Wildman–Crippen MR) is 108 cm³/mol. The van der Waals surface area contributed by atoms with Gasteiger partial charge in [0.15, 0.2) is 0 Å². The van der Waals surface area contributed by atoms with Crippen LogP contribution >= 0.6 is 0 Å². The van der Waals surface area contributed by atoms with Crippen LogP contribution in [0.5, 0.6) is 11.5 Å². The number of hydrogen-bond donors (Lipinski definition) is 3. The van der Waals surface area contributed by atoms with Gasteiger partial charge in [-0.3, -0.25) is 9.69 Å². The molecule has 148 valence electrons. The molecule has 4 N–H and O–H groups in total. The number of β-amino-alcohol motifs (C(OH)–C–C–N with tert-alkyl or cyclic N) is 1. The number of hydrogen-bond acceptors (Lipinski definition) is 5. The molecular weight excluding hydrogens is 356 g/mol. The maximum absolute atomic E-state index is 10.9. The molecule has 1 fully saturated rings. The van der Waals surface area contributed by atoms with Crippen molar-refractivity contribution < 1.29 is 19.7 Å². The lowest BCUT2D eigenvalue weighted by molar-refractivity contribution is -0.113. The van der Waals surface area contributed by atoms with Gasteiger partial charge in [0.25, 0.3) is 0 Å². The van der Waals surface area contributed by atoms with Gasteiger partial charge in [-0.2, -0.15) is 0 Å². The number of nitrogens with two attached hydrogens (primary N) is 1. The molecule has 1 amide bonds. The van der Waals surface area contributed by atoms with Crippen molar-refractivity contribution in [2.45, 2.75) is 25.0 Å². The molecule has 6 heteroatoms. The van der Waals surface area contributed by atoms with E-state index in [0.29, 0.717) is 12.1 Å². The molecule has 0 bridgehead atoms. The minimum absolute atomic E-state index is 0.0436. The fourth-order valence-corrected chi connectivity index (χ4v) is 3.67. The number of rotatable bonds is 7. The van der Waals surface area contributed by atoms with E-state index < -0.39 is 12.0 Å². The van der Waals surface area contributed by atoms with Gasteiger partial charge in [-0.25, -0.2) is 0 Å². The molecule has 0 aromatic heterocycles. The van der Waals surface area contributed by atoms with Crippen LogP contribution in [0, 0.1) is 0 Å². The normalized spacial score (nSPS) is 18.4. The van der Waals surface area contributed by atoms with E-state index in [0.717, 1.165) is 36.3 Å². The number of methoxy groups -OCH3 is 1. The van der Waals surface area contributed by atoms with Gasteiger partial charge in [0.1, 0.15) is 11.5 Å². The number of phenolic OH excluding ortho intramolecular Hbond substituents is 1. The van der Waals surface area contributed by atoms with E-state index in [4.69, 9.17) is 10.5 Å². The molecule has 3 rings (SSSR count). The minimum Gasteiger partial charge on any atom is -0.508 e. The second-order valence-electron chi connectivity index (χ2n) is 7.00. The molecule has 6 nitrogen and oxygen atoms in total. The largest absolute Gasteiger partial charge is 0.508 e. The van der Waals surface area contributed by atoms with Crippen LogP contribution in [0.4, 0.5) is 0 Å². The van der Waals surface area contributed by atoms with Crippen molar-refractivity contribution in [1.82, 2.24) is 4.90 Å². The average Bonchev–Trinajstić information content (AvgIpc) is 3.14. The van der Waals surface area contributed by atoms with Gasteiger partial charge in [-0.1, -0.05) is 24.3 Å². The summed E-state index contributed by atoms with van der Waals surface area (Å²) < 4.78 is 5.16. The fourth-order valence-electron chi connectivity index (χ4n) is 3.67. The average molecular weight is 382 g/mol. The predicted octanol–water partition coefficient (Wildman–Crippen LogP) is 2.77. The van der Waals surface area contributed by atoms with Crippen LogP contribution in [-0.4, -0.2) is 41.2 Å². The zero-order valence-corrected chi connectivity index (χ0v) is 15.9. The first kappa shape index (κ1) is 19.9. The molecule has 1 saturated heterocycles. The summed E-state index contributed by atoms with van der Waals surface area (Å²) in [6.45, 7) is 1.35. The van der Waals surface area contributed by atoms with Gasteiger partial charge in [0, 0.05) is 24.2 Å². The SMILES string of the molecule is COc1ccc(C(O)CN2CCCC2c2ccc(/C=C/C(N)=O)cc2O)cc1. The van der Waals surface area contributed by atoms with E-state index in [1.165, 1.54) is 6.08 Å². The number of aromatic hydroxyl groups is 1. The third-order valence-corrected chi connectivity index (χ3v) is 5.13. The van der Waals surface area contributed by atoms with Crippen LogP contribution < -0.4 is 10.5 Å². The van der Waals surface area contributed by atoms with Crippen molar-refractivity contribution in [2.24, 2.45) is 5.73 Å². The summed E-state index contributed by atoms with van der Waals surface area (Å²) in [6, 6.07) is 12.8. The summed E-state index contributed by atoms with van der Waals surface area (Å²) in [5.74, 6) is 0.408. The Morgan fingerprint density at radius 2 is 2.07 bits per heavy atom. The maximum atomic E-state index is 10.9. The maximum Gasteiger partial charge on any atom is 0.241 e. The van der Waals surface area contributed by atoms with Crippen LogP contribution in [0.1, 0.15) is 41.7 Å². The second kappa shape index (κ2) is 8.91. The third-order valence-electron chi connectivity index (χ3n) is 5.13. The van der Waals surface area contributed by atoms with Crippen molar-refractivity contribution in [3.05, 3.63) is 65.2 Å². The van der Waals surface area contributed by atoms with Crippen LogP contribution in [0.3, 0.4) is 0 Å². The number of primary amides is 1. The fraction of sp³-hybridized carbons (Fsp3) is 0.318. The number of benzene rings is 2. The molecule has 2 atom stereocenters. The molecule has 1 heterocycles. The monoisotopic (exact) mass is 382 g/mol. The number of carbonyl (C=O) groups excluding carboxylic acids is 1. The highest BCUT2D eigenvalue weighted by atomic mass is 16.5. The van der Waals surface area contributed by atoms with Gasteiger partial charge < -0.3 is 20.7 Å². The first-order valence-corrected chi connectivity index (χ1v) is 9.34. The summed E-state index contributed by atoms with van der Waals surface area (Å²) >= 11 is 0. The molecule has 2 aromatic carbocycles. The van der Waals surface area contributed by atoms with Crippen molar-refractivity contribution in [3.63, 3.8) is 0 Å². The Morgan fingerprint density at radius 1 is 1.32 bits per heavy atom. The standard InChI is InChI=1S/C22H26N2O4/c1-28-17-8-6-16(7-9-17)21(26)14-24-12-2-3-19(24)18-10-4-15(13-20(18)25)5-11-22(23)27/h4-11,13,19,21,25-26H,2-3,12,14H2,1H3,(H2,23,27)/b11-5+. The Hall–Kier alpha value is -2.83. The van der Waals surface area contributed by atoms with E-state index in [1.807, 2.05) is 36.4 Å². The molecule has 1 aliphatic heterocycles. The number of carbonyl (C=O) groups is 1. The highest BCUT2D eigenvalue weighted by Crippen LogP contribution is 2.38. The summed E-state index contributed by atoms with van der Waals surface area (Å²) in [7, 11) is 1.61. The van der Waals surface area contributed by atoms with Crippen LogP contribution in [0.15, 0.2) is 48.5 Å². The van der Waals surface area contributed by atoms with Gasteiger partial charge in [0.05, 0.1) is 13.2 Å². The van der Waals surface area contributed by atoms with Gasteiger partial charge in [-0.15, -0.1) is 0 Å². The quantitative estimate of drug-likeness (QED) is 0.640. The molecule has 1 aliphatic rings. The van der Waals surface area contributed by atoms with Gasteiger partial charge in [-0.05, 0) is 54.8 Å². The van der Waals surface area contributed by atoms with Crippen molar-refractivity contribution in [1.29, 1.82) is 0 Å². The molecule has 2 aromatic rings. The molecule has 0 aliphatic carbocycles. The van der Waals surface area contributed by atoms with E-state index >= 15 is 0 Å². The van der Waals surface area contributed by atoms with Gasteiger partial charge >= 0.3 is 0 Å². The molecular formula is C22H26N2O4. The van der Waals surface area contributed by atoms with E-state index in [2.05, 4.69) is 4.90 Å². The number of nitrogens with zero attached hydrogens (tertiary/aromatic N) is 1. The zero-order valence-electron chi connectivity index (χ0n) is 15.9. The van der Waals surface area contributed by atoms with E-state index in [9.17, 15) is 15.0 Å². The number of likely N-dealkylation sites (tertiary alicyclic amines) is 1. The number of phenols is 1. The van der Waals surface area contributed by atoms with E-state index in [-0.39, 0.29) is 11.8 Å². The van der Waals surface area contributed by atoms with Crippen molar-refractivity contribution >= 4 is 12.0 Å².